The number of ether oxygens (including phenoxy) is 2. The number of para-hydroxylation sites is 1. The van der Waals surface area contributed by atoms with Crippen molar-refractivity contribution < 1.29 is 24.5 Å². The standard InChI is InChI=1S/C12H16O5/c13-6-9-16-7-3-8-17-11-5-2-1-4-10(11)12(14)15/h1-2,4-5,13H,3,6-9H2,(H,14,15). The van der Waals surface area contributed by atoms with Gasteiger partial charge >= 0.3 is 5.97 Å². The minimum absolute atomic E-state index is 0.00268. The van der Waals surface area contributed by atoms with Crippen molar-refractivity contribution >= 4 is 5.97 Å². The lowest BCUT2D eigenvalue weighted by atomic mass is 10.2. The first-order chi connectivity index (χ1) is 8.25. The van der Waals surface area contributed by atoms with Gasteiger partial charge in [-0.05, 0) is 12.1 Å². The smallest absolute Gasteiger partial charge is 0.339 e. The molecule has 0 amide bonds. The van der Waals surface area contributed by atoms with Gasteiger partial charge in [-0.1, -0.05) is 12.1 Å². The molecule has 2 N–H and O–H groups in total. The number of hydrogen-bond donors (Lipinski definition) is 2. The number of benzene rings is 1. The van der Waals surface area contributed by atoms with Gasteiger partial charge in [0.1, 0.15) is 11.3 Å². The maximum Gasteiger partial charge on any atom is 0.339 e. The van der Waals surface area contributed by atoms with Crippen molar-refractivity contribution in [2.45, 2.75) is 6.42 Å². The Kier molecular flexibility index (Phi) is 6.06. The molecule has 94 valence electrons. The van der Waals surface area contributed by atoms with Gasteiger partial charge in [0.25, 0.3) is 0 Å². The Labute approximate surface area is 99.6 Å². The van der Waals surface area contributed by atoms with Crippen LogP contribution in [0, 0.1) is 0 Å². The van der Waals surface area contributed by atoms with Gasteiger partial charge < -0.3 is 19.7 Å². The average Bonchev–Trinajstić information content (AvgIpc) is 2.34. The Morgan fingerprint density at radius 2 is 1.94 bits per heavy atom. The van der Waals surface area contributed by atoms with Crippen LogP contribution in [0.4, 0.5) is 0 Å². The van der Waals surface area contributed by atoms with Crippen LogP contribution in [-0.4, -0.2) is 42.6 Å². The van der Waals surface area contributed by atoms with E-state index in [9.17, 15) is 4.79 Å². The van der Waals surface area contributed by atoms with Crippen molar-refractivity contribution in [2.75, 3.05) is 26.4 Å². The summed E-state index contributed by atoms with van der Waals surface area (Å²) in [5.41, 5.74) is 0.156. The summed E-state index contributed by atoms with van der Waals surface area (Å²) in [5, 5.41) is 17.4. The van der Waals surface area contributed by atoms with Crippen LogP contribution in [0.5, 0.6) is 5.75 Å². The molecule has 0 aliphatic heterocycles. The van der Waals surface area contributed by atoms with Gasteiger partial charge in [-0.25, -0.2) is 4.79 Å². The maximum absolute atomic E-state index is 10.9. The van der Waals surface area contributed by atoms with Gasteiger partial charge in [-0.2, -0.15) is 0 Å². The normalized spacial score (nSPS) is 10.2. The number of carbonyl (C=O) groups is 1. The lowest BCUT2D eigenvalue weighted by molar-refractivity contribution is 0.0688. The molecule has 1 aromatic rings. The molecular weight excluding hydrogens is 224 g/mol. The summed E-state index contributed by atoms with van der Waals surface area (Å²) in [5.74, 6) is -0.640. The zero-order chi connectivity index (χ0) is 12.5. The molecule has 0 spiro atoms. The van der Waals surface area contributed by atoms with E-state index in [-0.39, 0.29) is 12.2 Å². The molecule has 0 saturated carbocycles. The van der Waals surface area contributed by atoms with Gasteiger partial charge in [0.2, 0.25) is 0 Å². The zero-order valence-electron chi connectivity index (χ0n) is 9.46. The molecule has 0 atom stereocenters. The molecule has 0 heterocycles. The van der Waals surface area contributed by atoms with Crippen molar-refractivity contribution in [3.63, 3.8) is 0 Å². The molecule has 0 aliphatic rings. The van der Waals surface area contributed by atoms with Gasteiger partial charge in [0.05, 0.1) is 19.8 Å². The van der Waals surface area contributed by atoms with Gasteiger partial charge in [0, 0.05) is 13.0 Å². The molecule has 5 heteroatoms. The molecule has 0 aliphatic carbocycles. The van der Waals surface area contributed by atoms with Crippen LogP contribution in [0.15, 0.2) is 24.3 Å². The summed E-state index contributed by atoms with van der Waals surface area (Å²) < 4.78 is 10.4. The summed E-state index contributed by atoms with van der Waals surface area (Å²) >= 11 is 0. The van der Waals surface area contributed by atoms with E-state index in [0.29, 0.717) is 32.0 Å². The van der Waals surface area contributed by atoms with Crippen LogP contribution in [0.25, 0.3) is 0 Å². The lowest BCUT2D eigenvalue weighted by Gasteiger charge is -2.08. The lowest BCUT2D eigenvalue weighted by Crippen LogP contribution is -2.08. The fourth-order valence-corrected chi connectivity index (χ4v) is 1.28. The summed E-state index contributed by atoms with van der Waals surface area (Å²) in [6.07, 6.45) is 0.647. The number of rotatable bonds is 8. The fraction of sp³-hybridized carbons (Fsp3) is 0.417. The number of aliphatic hydroxyl groups excluding tert-OH is 1. The molecular formula is C12H16O5. The van der Waals surface area contributed by atoms with E-state index in [2.05, 4.69) is 0 Å². The van der Waals surface area contributed by atoms with Crippen LogP contribution in [0.1, 0.15) is 16.8 Å². The highest BCUT2D eigenvalue weighted by Crippen LogP contribution is 2.17. The SMILES string of the molecule is O=C(O)c1ccccc1OCCCOCCO. The molecule has 1 rings (SSSR count). The third-order valence-corrected chi connectivity index (χ3v) is 2.04. The first kappa shape index (κ1) is 13.5. The van der Waals surface area contributed by atoms with Crippen LogP contribution in [-0.2, 0) is 4.74 Å². The molecule has 0 bridgehead atoms. The highest BCUT2D eigenvalue weighted by Gasteiger charge is 2.09. The summed E-state index contributed by atoms with van der Waals surface area (Å²) in [6.45, 7) is 1.18. The second-order valence-corrected chi connectivity index (χ2v) is 3.34. The molecule has 0 fully saturated rings. The Bertz CT molecular complexity index is 351. The zero-order valence-corrected chi connectivity index (χ0v) is 9.46. The number of hydrogen-bond acceptors (Lipinski definition) is 4. The van der Waals surface area contributed by atoms with Crippen molar-refractivity contribution in [3.8, 4) is 5.75 Å². The topological polar surface area (TPSA) is 76.0 Å². The quantitative estimate of drug-likeness (QED) is 0.667. The molecule has 0 unspecified atom stereocenters. The number of aliphatic hydroxyl groups is 1. The van der Waals surface area contributed by atoms with Crippen LogP contribution in [0.2, 0.25) is 0 Å². The van der Waals surface area contributed by atoms with Crippen molar-refractivity contribution in [1.29, 1.82) is 0 Å². The van der Waals surface area contributed by atoms with E-state index in [1.807, 2.05) is 0 Å². The molecule has 5 nitrogen and oxygen atoms in total. The highest BCUT2D eigenvalue weighted by atomic mass is 16.5. The monoisotopic (exact) mass is 240 g/mol. The Hall–Kier alpha value is -1.59. The van der Waals surface area contributed by atoms with Gasteiger partial charge in [-0.15, -0.1) is 0 Å². The van der Waals surface area contributed by atoms with E-state index in [1.54, 1.807) is 18.2 Å². The van der Waals surface area contributed by atoms with E-state index < -0.39 is 5.97 Å². The minimum Gasteiger partial charge on any atom is -0.493 e. The minimum atomic E-state index is -1.00. The number of carboxylic acid groups (broad SMARTS) is 1. The first-order valence-corrected chi connectivity index (χ1v) is 5.39. The van der Waals surface area contributed by atoms with Crippen molar-refractivity contribution in [3.05, 3.63) is 29.8 Å². The van der Waals surface area contributed by atoms with Gasteiger partial charge in [0.15, 0.2) is 0 Å². The first-order valence-electron chi connectivity index (χ1n) is 5.39. The third kappa shape index (κ3) is 4.84. The number of aromatic carboxylic acids is 1. The largest absolute Gasteiger partial charge is 0.493 e. The predicted octanol–water partition coefficient (Wildman–Crippen LogP) is 1.16. The van der Waals surface area contributed by atoms with Crippen LogP contribution < -0.4 is 4.74 Å². The van der Waals surface area contributed by atoms with E-state index >= 15 is 0 Å². The fourth-order valence-electron chi connectivity index (χ4n) is 1.28. The number of carboxylic acids is 1. The summed E-state index contributed by atoms with van der Waals surface area (Å²) in [7, 11) is 0. The van der Waals surface area contributed by atoms with E-state index in [4.69, 9.17) is 19.7 Å². The summed E-state index contributed by atoms with van der Waals surface area (Å²) in [4.78, 5) is 10.9. The molecule has 0 radical (unpaired) electrons. The second kappa shape index (κ2) is 7.65. The van der Waals surface area contributed by atoms with Gasteiger partial charge in [-0.3, -0.25) is 0 Å². The predicted molar refractivity (Wildman–Crippen MR) is 61.4 cm³/mol. The molecule has 1 aromatic carbocycles. The highest BCUT2D eigenvalue weighted by molar-refractivity contribution is 5.90. The van der Waals surface area contributed by atoms with E-state index in [1.165, 1.54) is 6.07 Å². The Morgan fingerprint density at radius 1 is 1.18 bits per heavy atom. The molecule has 17 heavy (non-hydrogen) atoms. The second-order valence-electron chi connectivity index (χ2n) is 3.34. The van der Waals surface area contributed by atoms with Crippen molar-refractivity contribution in [1.82, 2.24) is 0 Å². The van der Waals surface area contributed by atoms with Crippen LogP contribution in [0.3, 0.4) is 0 Å². The van der Waals surface area contributed by atoms with Crippen LogP contribution >= 0.6 is 0 Å². The maximum atomic E-state index is 10.9. The van der Waals surface area contributed by atoms with E-state index in [0.717, 1.165) is 0 Å². The molecule has 0 aromatic heterocycles. The summed E-state index contributed by atoms with van der Waals surface area (Å²) in [6, 6.07) is 6.50. The average molecular weight is 240 g/mol. The third-order valence-electron chi connectivity index (χ3n) is 2.04. The molecule has 0 saturated heterocycles. The Morgan fingerprint density at radius 3 is 2.65 bits per heavy atom. The Balaban J connectivity index is 2.34. The van der Waals surface area contributed by atoms with Crippen molar-refractivity contribution in [2.24, 2.45) is 0 Å².